The molecular formula is C14H12F3NO3. The van der Waals surface area contributed by atoms with Crippen molar-refractivity contribution in [2.75, 3.05) is 6.54 Å². The molecule has 1 N–H and O–H groups in total. The van der Waals surface area contributed by atoms with E-state index in [9.17, 15) is 22.8 Å². The Bertz CT molecular complexity index is 585. The fraction of sp³-hybridized carbons (Fsp3) is 0.286. The zero-order valence-electron chi connectivity index (χ0n) is 11.1. The van der Waals surface area contributed by atoms with Crippen LogP contribution >= 0.6 is 0 Å². The maximum Gasteiger partial charge on any atom is 0.573 e. The van der Waals surface area contributed by atoms with Crippen LogP contribution in [0.15, 0.2) is 18.2 Å². The lowest BCUT2D eigenvalue weighted by Crippen LogP contribution is -2.20. The summed E-state index contributed by atoms with van der Waals surface area (Å²) < 4.78 is 40.2. The van der Waals surface area contributed by atoms with Gasteiger partial charge in [0.05, 0.1) is 0 Å². The van der Waals surface area contributed by atoms with Crippen molar-refractivity contribution < 1.29 is 27.5 Å². The van der Waals surface area contributed by atoms with Crippen LogP contribution in [0.1, 0.15) is 29.3 Å². The lowest BCUT2D eigenvalue weighted by atomic mass is 10.1. The summed E-state index contributed by atoms with van der Waals surface area (Å²) in [7, 11) is 0. The van der Waals surface area contributed by atoms with Gasteiger partial charge in [-0.15, -0.1) is 13.2 Å². The lowest BCUT2D eigenvalue weighted by Gasteiger charge is -2.09. The maximum atomic E-state index is 12.1. The topological polar surface area (TPSA) is 55.4 Å². The summed E-state index contributed by atoms with van der Waals surface area (Å²) in [4.78, 5) is 21.3. The number of carbonyl (C=O) groups is 2. The van der Waals surface area contributed by atoms with Gasteiger partial charge in [0.1, 0.15) is 12.0 Å². The number of benzene rings is 1. The van der Waals surface area contributed by atoms with Crippen molar-refractivity contribution in [1.29, 1.82) is 0 Å². The van der Waals surface area contributed by atoms with E-state index >= 15 is 0 Å². The summed E-state index contributed by atoms with van der Waals surface area (Å²) in [6, 6.07) is 3.41. The Kier molecular flexibility index (Phi) is 5.79. The second-order valence-electron chi connectivity index (χ2n) is 3.99. The molecule has 21 heavy (non-hydrogen) atoms. The molecule has 0 fully saturated rings. The smallest absolute Gasteiger partial charge is 0.406 e. The number of carbonyl (C=O) groups excluding carboxylic acids is 2. The van der Waals surface area contributed by atoms with Crippen molar-refractivity contribution in [1.82, 2.24) is 5.32 Å². The standard InChI is InChI=1S/C14H12F3NO3/c1-10(20)18-5-3-2-4-11-6-12(9-19)8-13(7-11)21-14(15,16)17/h6-9H,3,5H2,1H3,(H,18,20). The minimum absolute atomic E-state index is 0.0305. The van der Waals surface area contributed by atoms with Gasteiger partial charge in [0.2, 0.25) is 5.91 Å². The lowest BCUT2D eigenvalue weighted by molar-refractivity contribution is -0.274. The van der Waals surface area contributed by atoms with E-state index in [1.165, 1.54) is 13.0 Å². The molecular weight excluding hydrogens is 287 g/mol. The van der Waals surface area contributed by atoms with Crippen molar-refractivity contribution >= 4 is 12.2 Å². The molecule has 0 saturated heterocycles. The molecule has 0 aromatic heterocycles. The molecule has 0 heterocycles. The molecule has 0 bridgehead atoms. The first-order valence-corrected chi connectivity index (χ1v) is 5.89. The largest absolute Gasteiger partial charge is 0.573 e. The van der Waals surface area contributed by atoms with E-state index in [1.807, 2.05) is 0 Å². The second-order valence-corrected chi connectivity index (χ2v) is 3.99. The maximum absolute atomic E-state index is 12.1. The third-order valence-electron chi connectivity index (χ3n) is 2.16. The van der Waals surface area contributed by atoms with E-state index in [0.29, 0.717) is 19.3 Å². The molecule has 0 saturated carbocycles. The number of nitrogens with one attached hydrogen (secondary N) is 1. The summed E-state index contributed by atoms with van der Waals surface area (Å²) in [6.45, 7) is 1.70. The van der Waals surface area contributed by atoms with Gasteiger partial charge in [-0.2, -0.15) is 0 Å². The molecule has 7 heteroatoms. The Morgan fingerprint density at radius 3 is 2.67 bits per heavy atom. The fourth-order valence-corrected chi connectivity index (χ4v) is 1.42. The third kappa shape index (κ3) is 7.01. The highest BCUT2D eigenvalue weighted by Crippen LogP contribution is 2.24. The van der Waals surface area contributed by atoms with E-state index in [-0.39, 0.29) is 17.0 Å². The predicted octanol–water partition coefficient (Wildman–Crippen LogP) is 2.28. The van der Waals surface area contributed by atoms with Crippen LogP contribution < -0.4 is 10.1 Å². The number of amides is 1. The van der Waals surface area contributed by atoms with Crippen LogP contribution in [0.2, 0.25) is 0 Å². The summed E-state index contributed by atoms with van der Waals surface area (Å²) >= 11 is 0. The van der Waals surface area contributed by atoms with Crippen molar-refractivity contribution in [3.8, 4) is 17.6 Å². The van der Waals surface area contributed by atoms with Crippen molar-refractivity contribution in [3.63, 3.8) is 0 Å². The van der Waals surface area contributed by atoms with Crippen molar-refractivity contribution in [2.45, 2.75) is 19.7 Å². The first kappa shape index (κ1) is 16.6. The van der Waals surface area contributed by atoms with E-state index in [1.54, 1.807) is 0 Å². The highest BCUT2D eigenvalue weighted by molar-refractivity contribution is 5.76. The van der Waals surface area contributed by atoms with Crippen molar-refractivity contribution in [2.24, 2.45) is 0 Å². The first-order chi connectivity index (χ1) is 9.80. The molecule has 1 amide bonds. The van der Waals surface area contributed by atoms with E-state index in [2.05, 4.69) is 21.9 Å². The van der Waals surface area contributed by atoms with E-state index < -0.39 is 12.1 Å². The van der Waals surface area contributed by atoms with E-state index in [4.69, 9.17) is 0 Å². The Morgan fingerprint density at radius 2 is 2.10 bits per heavy atom. The van der Waals surface area contributed by atoms with Crippen molar-refractivity contribution in [3.05, 3.63) is 29.3 Å². The Labute approximate surface area is 119 Å². The van der Waals surface area contributed by atoms with Crippen LogP contribution in [-0.4, -0.2) is 25.1 Å². The zero-order chi connectivity index (χ0) is 15.9. The molecule has 4 nitrogen and oxygen atoms in total. The van der Waals surface area contributed by atoms with E-state index in [0.717, 1.165) is 12.1 Å². The number of hydrogen-bond donors (Lipinski definition) is 1. The molecule has 0 aliphatic heterocycles. The van der Waals surface area contributed by atoms with Crippen LogP contribution in [0.4, 0.5) is 13.2 Å². The van der Waals surface area contributed by atoms with Gasteiger partial charge >= 0.3 is 6.36 Å². The molecule has 112 valence electrons. The molecule has 1 aromatic carbocycles. The van der Waals surface area contributed by atoms with Gasteiger partial charge in [0.25, 0.3) is 0 Å². The van der Waals surface area contributed by atoms with Crippen LogP contribution in [0, 0.1) is 11.8 Å². The minimum atomic E-state index is -4.84. The van der Waals surface area contributed by atoms with Gasteiger partial charge in [-0.05, 0) is 18.2 Å². The van der Waals surface area contributed by atoms with Crippen LogP contribution in [0.25, 0.3) is 0 Å². The molecule has 1 aromatic rings. The highest BCUT2D eigenvalue weighted by atomic mass is 19.4. The third-order valence-corrected chi connectivity index (χ3v) is 2.16. The number of ether oxygens (including phenoxy) is 1. The monoisotopic (exact) mass is 299 g/mol. The summed E-state index contributed by atoms with van der Waals surface area (Å²) in [5, 5.41) is 2.53. The molecule has 0 aliphatic rings. The van der Waals surface area contributed by atoms with Gasteiger partial charge in [-0.1, -0.05) is 11.8 Å². The Balaban J connectivity index is 2.82. The Hall–Kier alpha value is -2.49. The molecule has 1 rings (SSSR count). The fourth-order valence-electron chi connectivity index (χ4n) is 1.42. The molecule has 0 spiro atoms. The number of alkyl halides is 3. The highest BCUT2D eigenvalue weighted by Gasteiger charge is 2.31. The van der Waals surface area contributed by atoms with Gasteiger partial charge in [-0.3, -0.25) is 9.59 Å². The number of rotatable bonds is 4. The average Bonchev–Trinajstić information content (AvgIpc) is 2.35. The summed E-state index contributed by atoms with van der Waals surface area (Å²) in [6.07, 6.45) is -4.09. The zero-order valence-corrected chi connectivity index (χ0v) is 11.1. The van der Waals surface area contributed by atoms with Gasteiger partial charge in [-0.25, -0.2) is 0 Å². The average molecular weight is 299 g/mol. The molecule has 0 radical (unpaired) electrons. The second kappa shape index (κ2) is 7.33. The van der Waals surface area contributed by atoms with Gasteiger partial charge in [0.15, 0.2) is 0 Å². The normalized spacial score (nSPS) is 10.3. The van der Waals surface area contributed by atoms with Gasteiger partial charge in [0, 0.05) is 31.0 Å². The van der Waals surface area contributed by atoms with Crippen LogP contribution in [0.3, 0.4) is 0 Å². The summed E-state index contributed by atoms with van der Waals surface area (Å²) in [5.41, 5.74) is 0.254. The molecule has 0 atom stereocenters. The SMILES string of the molecule is CC(=O)NCCC#Cc1cc(C=O)cc(OC(F)(F)F)c1. The number of halogens is 3. The molecule has 0 unspecified atom stereocenters. The first-order valence-electron chi connectivity index (χ1n) is 5.89. The molecule has 0 aliphatic carbocycles. The number of aldehydes is 1. The van der Waals surface area contributed by atoms with Crippen LogP contribution in [-0.2, 0) is 4.79 Å². The number of hydrogen-bond acceptors (Lipinski definition) is 3. The Morgan fingerprint density at radius 1 is 1.38 bits per heavy atom. The predicted molar refractivity (Wildman–Crippen MR) is 68.7 cm³/mol. The van der Waals surface area contributed by atoms with Gasteiger partial charge < -0.3 is 10.1 Å². The van der Waals surface area contributed by atoms with Crippen LogP contribution in [0.5, 0.6) is 5.75 Å². The summed E-state index contributed by atoms with van der Waals surface area (Å²) in [5.74, 6) is 4.60. The quantitative estimate of drug-likeness (QED) is 0.527. The minimum Gasteiger partial charge on any atom is -0.406 e.